The van der Waals surface area contributed by atoms with Gasteiger partial charge in [0.15, 0.2) is 0 Å². The van der Waals surface area contributed by atoms with E-state index in [0.717, 1.165) is 47.6 Å². The van der Waals surface area contributed by atoms with Gasteiger partial charge in [-0.05, 0) is 69.2 Å². The molecule has 2 aromatic rings. The molecule has 7 heteroatoms. The molecule has 0 fully saturated rings. The minimum atomic E-state index is -0.522. The van der Waals surface area contributed by atoms with Gasteiger partial charge < -0.3 is 21.7 Å². The highest BCUT2D eigenvalue weighted by Crippen LogP contribution is 2.26. The number of rotatable bonds is 11. The van der Waals surface area contributed by atoms with Crippen LogP contribution in [0.5, 0.6) is 0 Å². The Bertz CT molecular complexity index is 1000. The number of primary amides is 1. The molecule has 0 aliphatic heterocycles. The average molecular weight is 467 g/mol. The van der Waals surface area contributed by atoms with Crippen molar-refractivity contribution in [2.24, 2.45) is 11.1 Å². The molecule has 2 heterocycles. The molecule has 1 amide bonds. The summed E-state index contributed by atoms with van der Waals surface area (Å²) in [5.74, 6) is 0.614. The average Bonchev–Trinajstić information content (AvgIpc) is 2.73. The highest BCUT2D eigenvalue weighted by Gasteiger charge is 2.20. The van der Waals surface area contributed by atoms with Gasteiger partial charge in [-0.25, -0.2) is 4.98 Å². The first kappa shape index (κ1) is 27.2. The maximum Gasteiger partial charge on any atom is 0.252 e. The lowest BCUT2D eigenvalue weighted by molar-refractivity contribution is 0.100. The summed E-state index contributed by atoms with van der Waals surface area (Å²) < 4.78 is 0. The van der Waals surface area contributed by atoms with E-state index in [1.54, 1.807) is 6.07 Å². The number of amides is 1. The minimum absolute atomic E-state index is 0.0644. The van der Waals surface area contributed by atoms with Gasteiger partial charge in [0.05, 0.1) is 5.56 Å². The van der Waals surface area contributed by atoms with Crippen molar-refractivity contribution in [3.8, 4) is 0 Å². The zero-order valence-corrected chi connectivity index (χ0v) is 22.1. The van der Waals surface area contributed by atoms with Gasteiger partial charge in [-0.3, -0.25) is 9.78 Å². The number of aryl methyl sites for hydroxylation is 3. The van der Waals surface area contributed by atoms with Gasteiger partial charge in [0, 0.05) is 34.9 Å². The van der Waals surface area contributed by atoms with Crippen LogP contribution in [0.25, 0.3) is 0 Å². The summed E-state index contributed by atoms with van der Waals surface area (Å²) in [6.45, 7) is 21.1. The largest absolute Gasteiger partial charge is 0.384 e. The first-order chi connectivity index (χ1) is 15.8. The molecule has 186 valence electrons. The van der Waals surface area contributed by atoms with Crippen LogP contribution in [-0.4, -0.2) is 28.0 Å². The van der Waals surface area contributed by atoms with E-state index in [-0.39, 0.29) is 17.5 Å². The molecule has 2 aromatic heterocycles. The molecule has 0 aliphatic carbocycles. The Morgan fingerprint density at radius 1 is 1.03 bits per heavy atom. The summed E-state index contributed by atoms with van der Waals surface area (Å²) in [5.41, 5.74) is 10.9. The van der Waals surface area contributed by atoms with Crippen molar-refractivity contribution >= 4 is 23.2 Å². The summed E-state index contributed by atoms with van der Waals surface area (Å²) in [6, 6.07) is 5.94. The van der Waals surface area contributed by atoms with Gasteiger partial charge in [0.25, 0.3) is 5.91 Å². The maximum atomic E-state index is 12.2. The minimum Gasteiger partial charge on any atom is -0.384 e. The van der Waals surface area contributed by atoms with E-state index in [0.29, 0.717) is 17.2 Å². The fraction of sp³-hybridized carbons (Fsp3) is 0.519. The van der Waals surface area contributed by atoms with E-state index in [1.165, 1.54) is 0 Å². The monoisotopic (exact) mass is 466 g/mol. The third kappa shape index (κ3) is 7.75. The number of nitrogens with two attached hydrogens (primary N) is 1. The van der Waals surface area contributed by atoms with E-state index in [1.807, 2.05) is 19.1 Å². The molecule has 0 saturated heterocycles. The molecular weight excluding hydrogens is 424 g/mol. The molecule has 2 rings (SSSR count). The van der Waals surface area contributed by atoms with Gasteiger partial charge in [-0.2, -0.15) is 0 Å². The van der Waals surface area contributed by atoms with E-state index >= 15 is 0 Å². The second-order valence-corrected chi connectivity index (χ2v) is 10.3. The number of allylic oxidation sites excluding steroid dienone is 1. The van der Waals surface area contributed by atoms with Crippen LogP contribution in [0.2, 0.25) is 0 Å². The molecule has 1 unspecified atom stereocenters. The van der Waals surface area contributed by atoms with Crippen LogP contribution in [0.3, 0.4) is 0 Å². The normalized spacial score (nSPS) is 13.2. The smallest absolute Gasteiger partial charge is 0.252 e. The Morgan fingerprint density at radius 2 is 1.62 bits per heavy atom. The Balaban J connectivity index is 2.29. The molecule has 0 spiro atoms. The number of hydrogen-bond donors (Lipinski definition) is 4. The molecule has 0 bridgehead atoms. The van der Waals surface area contributed by atoms with Gasteiger partial charge in [0.1, 0.15) is 11.6 Å². The quantitative estimate of drug-likeness (QED) is 0.349. The first-order valence-corrected chi connectivity index (χ1v) is 12.1. The lowest BCUT2D eigenvalue weighted by atomic mass is 9.90. The number of carbonyl (C=O) groups is 1. The molecule has 2 atom stereocenters. The van der Waals surface area contributed by atoms with E-state index in [9.17, 15) is 4.79 Å². The number of anilines is 3. The number of aromatic nitrogens is 2. The van der Waals surface area contributed by atoms with Gasteiger partial charge in [-0.1, -0.05) is 41.2 Å². The Kier molecular flexibility index (Phi) is 9.07. The van der Waals surface area contributed by atoms with Crippen LogP contribution < -0.4 is 21.7 Å². The van der Waals surface area contributed by atoms with Crippen molar-refractivity contribution in [3.05, 3.63) is 53.0 Å². The van der Waals surface area contributed by atoms with Crippen LogP contribution in [0.4, 0.5) is 17.3 Å². The fourth-order valence-electron chi connectivity index (χ4n) is 3.74. The van der Waals surface area contributed by atoms with Gasteiger partial charge in [0.2, 0.25) is 0 Å². The molecule has 5 N–H and O–H groups in total. The summed E-state index contributed by atoms with van der Waals surface area (Å²) in [5, 5.41) is 10.3. The molecule has 0 radical (unpaired) electrons. The maximum absolute atomic E-state index is 12.2. The zero-order valence-electron chi connectivity index (χ0n) is 22.1. The Labute approximate surface area is 205 Å². The summed E-state index contributed by atoms with van der Waals surface area (Å²) in [4.78, 5) is 21.6. The van der Waals surface area contributed by atoms with Crippen molar-refractivity contribution in [2.75, 3.05) is 10.6 Å². The van der Waals surface area contributed by atoms with E-state index < -0.39 is 5.91 Å². The van der Waals surface area contributed by atoms with Crippen LogP contribution in [0.1, 0.15) is 82.2 Å². The SMILES string of the molecule is C=C(CC(C)(C)C)N[C@@H](C)C(C)Nc1nc(Nc2cc(CC)nc(CC)c2)c(C(N)=O)cc1C. The summed E-state index contributed by atoms with van der Waals surface area (Å²) in [7, 11) is 0. The molecular formula is C27H42N6O. The second-order valence-electron chi connectivity index (χ2n) is 10.3. The lowest BCUT2D eigenvalue weighted by Crippen LogP contribution is -2.40. The van der Waals surface area contributed by atoms with Crippen molar-refractivity contribution in [1.29, 1.82) is 0 Å². The number of nitrogens with zero attached hydrogens (tertiary/aromatic N) is 2. The lowest BCUT2D eigenvalue weighted by Gasteiger charge is -2.28. The number of nitrogens with one attached hydrogen (secondary N) is 3. The topological polar surface area (TPSA) is 105 Å². The predicted molar refractivity (Wildman–Crippen MR) is 143 cm³/mol. The Hall–Kier alpha value is -3.09. The van der Waals surface area contributed by atoms with Crippen molar-refractivity contribution in [3.63, 3.8) is 0 Å². The number of hydrogen-bond acceptors (Lipinski definition) is 6. The van der Waals surface area contributed by atoms with Crippen LogP contribution in [-0.2, 0) is 12.8 Å². The number of carbonyl (C=O) groups excluding carboxylic acids is 1. The highest BCUT2D eigenvalue weighted by molar-refractivity contribution is 5.99. The summed E-state index contributed by atoms with van der Waals surface area (Å²) in [6.07, 6.45) is 2.54. The second kappa shape index (κ2) is 11.4. The fourth-order valence-corrected chi connectivity index (χ4v) is 3.74. The van der Waals surface area contributed by atoms with Crippen molar-refractivity contribution in [1.82, 2.24) is 15.3 Å². The first-order valence-electron chi connectivity index (χ1n) is 12.1. The molecule has 0 saturated carbocycles. The highest BCUT2D eigenvalue weighted by atomic mass is 16.1. The zero-order chi connectivity index (χ0) is 25.6. The van der Waals surface area contributed by atoms with Gasteiger partial charge >= 0.3 is 0 Å². The Morgan fingerprint density at radius 3 is 2.12 bits per heavy atom. The van der Waals surface area contributed by atoms with Crippen molar-refractivity contribution < 1.29 is 4.79 Å². The standard InChI is InChI=1S/C27H42N6O/c1-10-20-13-22(14-21(11-2)31-20)32-26-23(24(28)34)12-16(3)25(33-26)30-19(6)18(5)29-17(4)15-27(7,8)9/h12-14,18-19,29H,4,10-11,15H2,1-3,5-9H3,(H2,28,34)(H2,30,31,32,33)/t18-,19?/m0/s1. The molecule has 34 heavy (non-hydrogen) atoms. The van der Waals surface area contributed by atoms with Crippen LogP contribution in [0, 0.1) is 12.3 Å². The van der Waals surface area contributed by atoms with E-state index in [2.05, 4.69) is 76.0 Å². The summed E-state index contributed by atoms with van der Waals surface area (Å²) >= 11 is 0. The van der Waals surface area contributed by atoms with Gasteiger partial charge in [-0.15, -0.1) is 0 Å². The van der Waals surface area contributed by atoms with E-state index in [4.69, 9.17) is 10.7 Å². The van der Waals surface area contributed by atoms with Crippen LogP contribution >= 0.6 is 0 Å². The third-order valence-electron chi connectivity index (χ3n) is 5.69. The molecule has 7 nitrogen and oxygen atoms in total. The molecule has 0 aromatic carbocycles. The van der Waals surface area contributed by atoms with Crippen LogP contribution in [0.15, 0.2) is 30.5 Å². The predicted octanol–water partition coefficient (Wildman–Crippen LogP) is 5.48. The van der Waals surface area contributed by atoms with Crippen molar-refractivity contribution in [2.45, 2.75) is 86.7 Å². The third-order valence-corrected chi connectivity index (χ3v) is 5.69. The molecule has 0 aliphatic rings. The number of pyridine rings is 2.